The van der Waals surface area contributed by atoms with Crippen molar-refractivity contribution in [3.05, 3.63) is 62.8 Å². The molecule has 9 heteroatoms. The summed E-state index contributed by atoms with van der Waals surface area (Å²) in [6.07, 6.45) is 0. The van der Waals surface area contributed by atoms with E-state index in [0.29, 0.717) is 14.0 Å². The summed E-state index contributed by atoms with van der Waals surface area (Å²) in [6, 6.07) is 13.3. The van der Waals surface area contributed by atoms with Crippen molar-refractivity contribution >= 4 is 62.8 Å². The topological polar surface area (TPSA) is 46.9 Å². The van der Waals surface area contributed by atoms with Gasteiger partial charge in [-0.1, -0.05) is 39.0 Å². The van der Waals surface area contributed by atoms with Gasteiger partial charge in [-0.25, -0.2) is 9.07 Å². The number of thioether (sulfide) groups is 1. The summed E-state index contributed by atoms with van der Waals surface area (Å²) in [5.41, 5.74) is 1.42. The lowest BCUT2D eigenvalue weighted by molar-refractivity contribution is -0.115. The lowest BCUT2D eigenvalue weighted by Crippen LogP contribution is -2.22. The van der Waals surface area contributed by atoms with Crippen LogP contribution in [-0.4, -0.2) is 20.9 Å². The van der Waals surface area contributed by atoms with Crippen LogP contribution in [0.5, 0.6) is 0 Å². The summed E-state index contributed by atoms with van der Waals surface area (Å²) < 4.78 is 16.8. The third kappa shape index (κ3) is 4.79. The van der Waals surface area contributed by atoms with Crippen LogP contribution in [0.2, 0.25) is 0 Å². The number of nitrogens with one attached hydrogen (secondary N) is 1. The zero-order valence-corrected chi connectivity index (χ0v) is 17.5. The maximum absolute atomic E-state index is 13.1. The van der Waals surface area contributed by atoms with E-state index in [2.05, 4.69) is 26.3 Å². The van der Waals surface area contributed by atoms with E-state index in [1.807, 2.05) is 31.2 Å². The molecule has 2 aromatic carbocycles. The van der Waals surface area contributed by atoms with Crippen molar-refractivity contribution in [3.63, 3.8) is 0 Å². The SMILES string of the molecule is C[C@H](Sc1nn(-c2ccc(F)cc2)c(=S)s1)C(=O)Nc1ccc(Br)cc1. The van der Waals surface area contributed by atoms with Gasteiger partial charge in [0.25, 0.3) is 0 Å². The van der Waals surface area contributed by atoms with Gasteiger partial charge in [-0.3, -0.25) is 4.79 Å². The zero-order chi connectivity index (χ0) is 18.7. The summed E-state index contributed by atoms with van der Waals surface area (Å²) in [6.45, 7) is 1.81. The van der Waals surface area contributed by atoms with Crippen molar-refractivity contribution in [1.82, 2.24) is 9.78 Å². The molecule has 1 atom stereocenters. The molecule has 3 rings (SSSR count). The highest BCUT2D eigenvalue weighted by Crippen LogP contribution is 2.28. The van der Waals surface area contributed by atoms with Crippen LogP contribution in [0, 0.1) is 9.77 Å². The molecule has 134 valence electrons. The second kappa shape index (κ2) is 8.43. The third-order valence-corrected chi connectivity index (χ3v) is 6.30. The van der Waals surface area contributed by atoms with E-state index < -0.39 is 0 Å². The number of amides is 1. The van der Waals surface area contributed by atoms with Gasteiger partial charge in [0.05, 0.1) is 10.9 Å². The van der Waals surface area contributed by atoms with Gasteiger partial charge < -0.3 is 5.32 Å². The van der Waals surface area contributed by atoms with Gasteiger partial charge >= 0.3 is 0 Å². The van der Waals surface area contributed by atoms with Gasteiger partial charge in [-0.05, 0) is 67.7 Å². The number of hydrogen-bond acceptors (Lipinski definition) is 5. The highest BCUT2D eigenvalue weighted by atomic mass is 79.9. The molecular formula is C17H13BrFN3OS3. The first-order valence-electron chi connectivity index (χ1n) is 7.51. The minimum atomic E-state index is -0.346. The van der Waals surface area contributed by atoms with Gasteiger partial charge in [0, 0.05) is 10.2 Å². The second-order valence-electron chi connectivity index (χ2n) is 5.28. The number of carbonyl (C=O) groups is 1. The molecule has 1 N–H and O–H groups in total. The van der Waals surface area contributed by atoms with E-state index in [1.54, 1.807) is 16.8 Å². The number of aromatic nitrogens is 2. The predicted molar refractivity (Wildman–Crippen MR) is 110 cm³/mol. The first kappa shape index (κ1) is 19.2. The minimum Gasteiger partial charge on any atom is -0.325 e. The van der Waals surface area contributed by atoms with Crippen LogP contribution in [0.3, 0.4) is 0 Å². The molecule has 3 aromatic rings. The molecule has 0 fully saturated rings. The molecule has 0 aliphatic rings. The summed E-state index contributed by atoms with van der Waals surface area (Å²) >= 11 is 11.3. The molecule has 0 bridgehead atoms. The quantitative estimate of drug-likeness (QED) is 0.385. The van der Waals surface area contributed by atoms with Gasteiger partial charge in [-0.2, -0.15) is 0 Å². The first-order chi connectivity index (χ1) is 12.4. The summed E-state index contributed by atoms with van der Waals surface area (Å²) in [5, 5.41) is 6.96. The minimum absolute atomic E-state index is 0.119. The van der Waals surface area contributed by atoms with Crippen LogP contribution >= 0.6 is 51.2 Å². The Morgan fingerprint density at radius 1 is 1.27 bits per heavy atom. The Morgan fingerprint density at radius 2 is 1.92 bits per heavy atom. The standard InChI is InChI=1S/C17H13BrFN3OS3/c1-10(15(23)20-13-6-2-11(18)3-7-13)25-16-21-22(17(24)26-16)14-8-4-12(19)5-9-14/h2-10H,1H3,(H,20,23)/t10-/m0/s1. The Hall–Kier alpha value is -1.55. The smallest absolute Gasteiger partial charge is 0.237 e. The Labute approximate surface area is 171 Å². The number of benzene rings is 2. The Bertz CT molecular complexity index is 970. The molecule has 1 heterocycles. The monoisotopic (exact) mass is 469 g/mol. The highest BCUT2D eigenvalue weighted by molar-refractivity contribution is 9.10. The van der Waals surface area contributed by atoms with E-state index in [9.17, 15) is 9.18 Å². The lowest BCUT2D eigenvalue weighted by atomic mass is 10.3. The number of nitrogens with zero attached hydrogens (tertiary/aromatic N) is 2. The van der Waals surface area contributed by atoms with Crippen LogP contribution in [-0.2, 0) is 4.79 Å². The average Bonchev–Trinajstić information content (AvgIpc) is 2.97. The van der Waals surface area contributed by atoms with E-state index in [-0.39, 0.29) is 17.0 Å². The number of carbonyl (C=O) groups excluding carboxylic acids is 1. The van der Waals surface area contributed by atoms with Gasteiger partial charge in [0.15, 0.2) is 8.29 Å². The average molecular weight is 470 g/mol. The number of rotatable bonds is 5. The normalized spacial score (nSPS) is 12.0. The molecule has 0 spiro atoms. The number of halogens is 2. The van der Waals surface area contributed by atoms with E-state index in [4.69, 9.17) is 12.2 Å². The largest absolute Gasteiger partial charge is 0.325 e. The first-order valence-corrected chi connectivity index (χ1v) is 10.4. The maximum Gasteiger partial charge on any atom is 0.237 e. The molecule has 1 amide bonds. The van der Waals surface area contributed by atoms with Crippen LogP contribution in [0.4, 0.5) is 10.1 Å². The molecule has 0 saturated heterocycles. The van der Waals surface area contributed by atoms with Crippen molar-refractivity contribution in [3.8, 4) is 5.69 Å². The molecule has 26 heavy (non-hydrogen) atoms. The summed E-state index contributed by atoms with van der Waals surface area (Å²) in [5.74, 6) is -0.435. The van der Waals surface area contributed by atoms with Gasteiger partial charge in [0.2, 0.25) is 5.91 Å². The van der Waals surface area contributed by atoms with Crippen molar-refractivity contribution in [2.24, 2.45) is 0 Å². The van der Waals surface area contributed by atoms with Crippen LogP contribution in [0.15, 0.2) is 57.3 Å². The molecule has 0 unspecified atom stereocenters. The predicted octanol–water partition coefficient (Wildman–Crippen LogP) is 5.68. The summed E-state index contributed by atoms with van der Waals surface area (Å²) in [4.78, 5) is 12.4. The van der Waals surface area contributed by atoms with Crippen LogP contribution in [0.25, 0.3) is 5.69 Å². The van der Waals surface area contributed by atoms with Crippen molar-refractivity contribution in [1.29, 1.82) is 0 Å². The van der Waals surface area contributed by atoms with Crippen molar-refractivity contribution in [2.75, 3.05) is 5.32 Å². The Kier molecular flexibility index (Phi) is 6.23. The van der Waals surface area contributed by atoms with E-state index in [0.717, 1.165) is 10.2 Å². The molecule has 0 saturated carbocycles. The van der Waals surface area contributed by atoms with Gasteiger partial charge in [0.1, 0.15) is 5.82 Å². The summed E-state index contributed by atoms with van der Waals surface area (Å²) in [7, 11) is 0. The fourth-order valence-electron chi connectivity index (χ4n) is 2.04. The third-order valence-electron chi connectivity index (χ3n) is 3.36. The van der Waals surface area contributed by atoms with Crippen LogP contribution < -0.4 is 5.32 Å². The number of hydrogen-bond donors (Lipinski definition) is 1. The molecule has 1 aromatic heterocycles. The van der Waals surface area contributed by atoms with Crippen LogP contribution in [0.1, 0.15) is 6.92 Å². The lowest BCUT2D eigenvalue weighted by Gasteiger charge is -2.10. The fourth-order valence-corrected chi connectivity index (χ4v) is 4.81. The Morgan fingerprint density at radius 3 is 2.58 bits per heavy atom. The zero-order valence-electron chi connectivity index (χ0n) is 13.5. The fraction of sp³-hybridized carbons (Fsp3) is 0.118. The molecule has 4 nitrogen and oxygen atoms in total. The molecule has 0 radical (unpaired) electrons. The maximum atomic E-state index is 13.1. The molecule has 0 aliphatic carbocycles. The van der Waals surface area contributed by atoms with E-state index >= 15 is 0 Å². The van der Waals surface area contributed by atoms with E-state index in [1.165, 1.54) is 35.2 Å². The van der Waals surface area contributed by atoms with Crippen molar-refractivity contribution < 1.29 is 9.18 Å². The highest BCUT2D eigenvalue weighted by Gasteiger charge is 2.17. The Balaban J connectivity index is 1.69. The number of anilines is 1. The molecular weight excluding hydrogens is 457 g/mol. The van der Waals surface area contributed by atoms with Gasteiger partial charge in [-0.15, -0.1) is 5.10 Å². The second-order valence-corrected chi connectivity index (χ2v) is 9.40. The molecule has 0 aliphatic heterocycles. The van der Waals surface area contributed by atoms with Crippen molar-refractivity contribution in [2.45, 2.75) is 16.5 Å².